The van der Waals surface area contributed by atoms with Crippen LogP contribution < -0.4 is 10.6 Å². The van der Waals surface area contributed by atoms with Crippen LogP contribution in [-0.4, -0.2) is 26.1 Å². The van der Waals surface area contributed by atoms with Gasteiger partial charge in [0.25, 0.3) is 5.91 Å². The summed E-state index contributed by atoms with van der Waals surface area (Å²) in [5.74, 6) is -0.305. The molecule has 26 heavy (non-hydrogen) atoms. The van der Waals surface area contributed by atoms with Crippen molar-refractivity contribution in [1.29, 1.82) is 0 Å². The summed E-state index contributed by atoms with van der Waals surface area (Å²) in [6, 6.07) is 14.6. The minimum absolute atomic E-state index is 0.309. The number of nitrogens with one attached hydrogen (secondary N) is 2. The zero-order valence-corrected chi connectivity index (χ0v) is 13.8. The minimum Gasteiger partial charge on any atom is -0.326 e. The molecule has 0 bridgehead atoms. The molecule has 0 fully saturated rings. The number of halogens is 1. The summed E-state index contributed by atoms with van der Waals surface area (Å²) >= 11 is 0. The molecule has 2 heterocycles. The van der Waals surface area contributed by atoms with Crippen molar-refractivity contribution in [2.75, 3.05) is 10.6 Å². The van der Waals surface area contributed by atoms with Gasteiger partial charge in [0.05, 0.1) is 5.57 Å². The second kappa shape index (κ2) is 6.40. The van der Waals surface area contributed by atoms with Crippen molar-refractivity contribution in [1.82, 2.24) is 20.2 Å². The number of carbonyl (C=O) groups is 1. The predicted octanol–water partition coefficient (Wildman–Crippen LogP) is 2.74. The van der Waals surface area contributed by atoms with E-state index in [1.54, 1.807) is 31.2 Å². The molecule has 0 radical (unpaired) electrons. The number of hydrogen-bond donors (Lipinski definition) is 2. The summed E-state index contributed by atoms with van der Waals surface area (Å²) in [6.45, 7) is 1.77. The monoisotopic (exact) mass is 350 g/mol. The van der Waals surface area contributed by atoms with Gasteiger partial charge in [-0.05, 0) is 47.2 Å². The number of anilines is 2. The lowest BCUT2D eigenvalue weighted by molar-refractivity contribution is -0.113. The molecule has 1 aromatic heterocycles. The maximum Gasteiger partial charge on any atom is 0.255 e. The number of benzene rings is 2. The number of nitrogens with zero attached hydrogens (tertiary/aromatic N) is 4. The zero-order chi connectivity index (χ0) is 18.1. The zero-order valence-electron chi connectivity index (χ0n) is 13.8. The van der Waals surface area contributed by atoms with E-state index in [2.05, 4.69) is 26.2 Å². The fraction of sp³-hybridized carbons (Fsp3) is 0.111. The third-order valence-electron chi connectivity index (χ3n) is 4.15. The first-order valence-corrected chi connectivity index (χ1v) is 8.01. The van der Waals surface area contributed by atoms with Gasteiger partial charge in [0.1, 0.15) is 11.9 Å². The second-order valence-electron chi connectivity index (χ2n) is 5.89. The number of rotatable bonds is 3. The first-order valence-electron chi connectivity index (χ1n) is 8.01. The van der Waals surface area contributed by atoms with Crippen LogP contribution in [0.1, 0.15) is 18.5 Å². The smallest absolute Gasteiger partial charge is 0.255 e. The van der Waals surface area contributed by atoms with Gasteiger partial charge in [0.2, 0.25) is 5.95 Å². The largest absolute Gasteiger partial charge is 0.326 e. The second-order valence-corrected chi connectivity index (χ2v) is 5.89. The van der Waals surface area contributed by atoms with E-state index in [1.165, 1.54) is 16.8 Å². The lowest BCUT2D eigenvalue weighted by atomic mass is 9.95. The number of amides is 1. The molecule has 1 aliphatic heterocycles. The molecule has 2 aromatic carbocycles. The van der Waals surface area contributed by atoms with Crippen molar-refractivity contribution in [3.8, 4) is 0 Å². The fourth-order valence-electron chi connectivity index (χ4n) is 3.01. The van der Waals surface area contributed by atoms with Crippen molar-refractivity contribution < 1.29 is 9.18 Å². The molecule has 1 aliphatic rings. The van der Waals surface area contributed by atoms with Gasteiger partial charge in [-0.2, -0.15) is 4.68 Å². The van der Waals surface area contributed by atoms with E-state index in [-0.39, 0.29) is 5.91 Å². The van der Waals surface area contributed by atoms with Crippen LogP contribution in [0, 0.1) is 5.82 Å². The predicted molar refractivity (Wildman–Crippen MR) is 93.8 cm³/mol. The van der Waals surface area contributed by atoms with Crippen molar-refractivity contribution in [2.24, 2.45) is 0 Å². The molecule has 0 spiro atoms. The van der Waals surface area contributed by atoms with Crippen LogP contribution in [0.3, 0.4) is 0 Å². The number of para-hydroxylation sites is 1. The average Bonchev–Trinajstić information content (AvgIpc) is 3.09. The van der Waals surface area contributed by atoms with E-state index >= 15 is 0 Å². The van der Waals surface area contributed by atoms with Crippen LogP contribution >= 0.6 is 0 Å². The van der Waals surface area contributed by atoms with Gasteiger partial charge in [-0.3, -0.25) is 4.79 Å². The normalized spacial score (nSPS) is 16.0. The molecule has 0 saturated heterocycles. The Kier molecular flexibility index (Phi) is 3.92. The van der Waals surface area contributed by atoms with Crippen molar-refractivity contribution >= 4 is 17.5 Å². The van der Waals surface area contributed by atoms with E-state index in [9.17, 15) is 9.18 Å². The quantitative estimate of drug-likeness (QED) is 0.759. The molecule has 130 valence electrons. The van der Waals surface area contributed by atoms with Gasteiger partial charge >= 0.3 is 0 Å². The van der Waals surface area contributed by atoms with Crippen LogP contribution in [0.2, 0.25) is 0 Å². The fourth-order valence-corrected chi connectivity index (χ4v) is 3.01. The van der Waals surface area contributed by atoms with E-state index in [4.69, 9.17) is 0 Å². The van der Waals surface area contributed by atoms with E-state index in [0.29, 0.717) is 28.5 Å². The molecule has 1 unspecified atom stereocenters. The highest BCUT2D eigenvalue weighted by Crippen LogP contribution is 2.34. The van der Waals surface area contributed by atoms with Gasteiger partial charge in [-0.15, -0.1) is 0 Å². The first kappa shape index (κ1) is 15.9. The molecule has 3 aromatic rings. The Balaban J connectivity index is 1.78. The summed E-state index contributed by atoms with van der Waals surface area (Å²) in [7, 11) is 0. The molecule has 0 saturated carbocycles. The Labute approximate surface area is 148 Å². The molecular formula is C18H15FN6O. The minimum atomic E-state index is -0.638. The summed E-state index contributed by atoms with van der Waals surface area (Å²) in [4.78, 5) is 13.0. The summed E-state index contributed by atoms with van der Waals surface area (Å²) < 4.78 is 15.3. The standard InChI is InChI=1S/C18H15FN6O/c1-11-15(17(26)21-14-8-3-2-4-9-14)16(12-6-5-7-13(19)10-12)25-18(20-11)22-23-24-25/h2-10,16H,1H3,(H,21,26)(H,20,22,24). The number of allylic oxidation sites excluding steroid dienone is 1. The average molecular weight is 350 g/mol. The summed E-state index contributed by atoms with van der Waals surface area (Å²) in [5.41, 5.74) is 2.27. The Morgan fingerprint density at radius 3 is 2.77 bits per heavy atom. The van der Waals surface area contributed by atoms with Crippen LogP contribution in [0.15, 0.2) is 65.9 Å². The Morgan fingerprint density at radius 1 is 1.19 bits per heavy atom. The highest BCUT2D eigenvalue weighted by atomic mass is 19.1. The Hall–Kier alpha value is -3.55. The Bertz CT molecular complexity index is 998. The highest BCUT2D eigenvalue weighted by Gasteiger charge is 2.34. The van der Waals surface area contributed by atoms with Crippen molar-refractivity contribution in [3.63, 3.8) is 0 Å². The van der Waals surface area contributed by atoms with Crippen LogP contribution in [0.5, 0.6) is 0 Å². The summed E-state index contributed by atoms with van der Waals surface area (Å²) in [6.07, 6.45) is 0. The van der Waals surface area contributed by atoms with Crippen LogP contribution in [-0.2, 0) is 4.79 Å². The number of fused-ring (bicyclic) bond motifs is 1. The third kappa shape index (κ3) is 2.81. The third-order valence-corrected chi connectivity index (χ3v) is 4.15. The molecule has 1 atom stereocenters. The lowest BCUT2D eigenvalue weighted by Crippen LogP contribution is -2.31. The van der Waals surface area contributed by atoms with Crippen LogP contribution in [0.4, 0.5) is 16.0 Å². The maximum atomic E-state index is 13.8. The Morgan fingerprint density at radius 2 is 2.00 bits per heavy atom. The number of hydrogen-bond acceptors (Lipinski definition) is 5. The van der Waals surface area contributed by atoms with Gasteiger partial charge in [-0.25, -0.2) is 4.39 Å². The molecule has 2 N–H and O–H groups in total. The SMILES string of the molecule is CC1=C(C(=O)Nc2ccccc2)C(c2cccc(F)c2)n2nnnc2N1. The molecular weight excluding hydrogens is 335 g/mol. The number of carbonyl (C=O) groups excluding carboxylic acids is 1. The molecule has 8 heteroatoms. The van der Waals surface area contributed by atoms with Gasteiger partial charge in [0, 0.05) is 11.4 Å². The number of tetrazole rings is 1. The molecule has 1 amide bonds. The highest BCUT2D eigenvalue weighted by molar-refractivity contribution is 6.05. The molecule has 7 nitrogen and oxygen atoms in total. The molecule has 4 rings (SSSR count). The number of aromatic nitrogens is 4. The van der Waals surface area contributed by atoms with Crippen molar-refractivity contribution in [3.05, 3.63) is 77.2 Å². The van der Waals surface area contributed by atoms with Gasteiger partial charge < -0.3 is 10.6 Å². The van der Waals surface area contributed by atoms with E-state index in [1.807, 2.05) is 18.2 Å². The van der Waals surface area contributed by atoms with Crippen molar-refractivity contribution in [2.45, 2.75) is 13.0 Å². The first-order chi connectivity index (χ1) is 12.6. The van der Waals surface area contributed by atoms with E-state index in [0.717, 1.165) is 0 Å². The topological polar surface area (TPSA) is 84.7 Å². The van der Waals surface area contributed by atoms with Gasteiger partial charge in [-0.1, -0.05) is 35.4 Å². The van der Waals surface area contributed by atoms with Gasteiger partial charge in [0.15, 0.2) is 0 Å². The maximum absolute atomic E-state index is 13.8. The van der Waals surface area contributed by atoms with Crippen LogP contribution in [0.25, 0.3) is 0 Å². The lowest BCUT2D eigenvalue weighted by Gasteiger charge is -2.28. The molecule has 0 aliphatic carbocycles. The van der Waals surface area contributed by atoms with E-state index < -0.39 is 11.9 Å². The summed E-state index contributed by atoms with van der Waals surface area (Å²) in [5, 5.41) is 17.4.